The van der Waals surface area contributed by atoms with E-state index in [1.165, 1.54) is 24.4 Å². The van der Waals surface area contributed by atoms with Gasteiger partial charge in [0, 0.05) is 29.4 Å². The topological polar surface area (TPSA) is 98.3 Å². The van der Waals surface area contributed by atoms with E-state index < -0.39 is 0 Å². The van der Waals surface area contributed by atoms with Gasteiger partial charge in [-0.2, -0.15) is 10.5 Å². The monoisotopic (exact) mass is 420 g/mol. The van der Waals surface area contributed by atoms with Gasteiger partial charge in [-0.15, -0.1) is 0 Å². The third-order valence-electron chi connectivity index (χ3n) is 4.95. The van der Waals surface area contributed by atoms with Crippen molar-refractivity contribution in [2.45, 2.75) is 13.8 Å². The zero-order valence-corrected chi connectivity index (χ0v) is 17.4. The number of nitrogens with one attached hydrogen (secondary N) is 1. The molecule has 32 heavy (non-hydrogen) atoms. The summed E-state index contributed by atoms with van der Waals surface area (Å²) < 4.78 is 14.5. The maximum Gasteiger partial charge on any atom is 0.228 e. The van der Waals surface area contributed by atoms with Crippen LogP contribution >= 0.6 is 0 Å². The fraction of sp³-hybridized carbons (Fsp3) is 0.0800. The summed E-state index contributed by atoms with van der Waals surface area (Å²) in [7, 11) is 0. The fourth-order valence-corrected chi connectivity index (χ4v) is 3.66. The first-order valence-electron chi connectivity index (χ1n) is 9.76. The molecule has 0 aliphatic rings. The van der Waals surface area contributed by atoms with Crippen LogP contribution in [0.25, 0.3) is 28.1 Å². The summed E-state index contributed by atoms with van der Waals surface area (Å²) >= 11 is 0. The van der Waals surface area contributed by atoms with Crippen LogP contribution in [0, 0.1) is 42.3 Å². The summed E-state index contributed by atoms with van der Waals surface area (Å²) in [5.41, 5.74) is 5.37. The second-order valence-corrected chi connectivity index (χ2v) is 7.25. The van der Waals surface area contributed by atoms with Crippen molar-refractivity contribution in [1.82, 2.24) is 15.0 Å². The summed E-state index contributed by atoms with van der Waals surface area (Å²) in [4.78, 5) is 13.1. The number of aryl methyl sites for hydroxylation is 2. The zero-order valence-electron chi connectivity index (χ0n) is 17.4. The van der Waals surface area contributed by atoms with Crippen LogP contribution in [0.2, 0.25) is 0 Å². The van der Waals surface area contributed by atoms with E-state index in [2.05, 4.69) is 20.3 Å². The van der Waals surface area contributed by atoms with Crippen molar-refractivity contribution in [3.05, 3.63) is 82.9 Å². The van der Waals surface area contributed by atoms with E-state index in [1.54, 1.807) is 24.4 Å². The van der Waals surface area contributed by atoms with Crippen LogP contribution < -0.4 is 5.32 Å². The number of nitrogens with zero attached hydrogens (tertiary/aromatic N) is 5. The third kappa shape index (κ3) is 4.14. The van der Waals surface area contributed by atoms with E-state index in [9.17, 15) is 4.39 Å². The largest absolute Gasteiger partial charge is 0.309 e. The summed E-state index contributed by atoms with van der Waals surface area (Å²) in [6.07, 6.45) is 6.19. The molecule has 2 aromatic heterocycles. The van der Waals surface area contributed by atoms with E-state index >= 15 is 0 Å². The van der Waals surface area contributed by atoms with Crippen molar-refractivity contribution in [3.63, 3.8) is 0 Å². The lowest BCUT2D eigenvalue weighted by molar-refractivity contribution is 0.630. The molecule has 0 radical (unpaired) electrons. The minimum Gasteiger partial charge on any atom is -0.309 e. The van der Waals surface area contributed by atoms with Gasteiger partial charge in [0.15, 0.2) is 0 Å². The maximum absolute atomic E-state index is 14.5. The molecule has 0 saturated heterocycles. The van der Waals surface area contributed by atoms with Crippen molar-refractivity contribution in [1.29, 1.82) is 10.5 Å². The molecule has 0 fully saturated rings. The lowest BCUT2D eigenvalue weighted by Crippen LogP contribution is -2.01. The number of halogens is 1. The highest BCUT2D eigenvalue weighted by Gasteiger charge is 2.15. The highest BCUT2D eigenvalue weighted by atomic mass is 19.1. The molecule has 6 nitrogen and oxygen atoms in total. The first-order chi connectivity index (χ1) is 15.5. The molecule has 0 bridgehead atoms. The number of pyridine rings is 1. The summed E-state index contributed by atoms with van der Waals surface area (Å²) in [5.74, 6) is 0.428. The Balaban J connectivity index is 1.83. The number of hydrogen-bond donors (Lipinski definition) is 1. The Bertz CT molecular complexity index is 1420. The van der Waals surface area contributed by atoms with Gasteiger partial charge in [-0.1, -0.05) is 12.1 Å². The Hall–Kier alpha value is -4.62. The quantitative estimate of drug-likeness (QED) is 0.432. The van der Waals surface area contributed by atoms with Gasteiger partial charge in [-0.3, -0.25) is 0 Å². The Morgan fingerprint density at radius 3 is 2.44 bits per heavy atom. The van der Waals surface area contributed by atoms with E-state index in [-0.39, 0.29) is 5.82 Å². The molecule has 1 N–H and O–H groups in total. The normalized spacial score (nSPS) is 10.8. The zero-order chi connectivity index (χ0) is 22.7. The van der Waals surface area contributed by atoms with Crippen LogP contribution in [0.5, 0.6) is 0 Å². The minimum absolute atomic E-state index is 0.312. The van der Waals surface area contributed by atoms with Crippen molar-refractivity contribution in [2.24, 2.45) is 0 Å². The summed E-state index contributed by atoms with van der Waals surface area (Å²) in [5, 5.41) is 21.3. The smallest absolute Gasteiger partial charge is 0.228 e. The molecule has 0 saturated carbocycles. The number of fused-ring (bicyclic) bond motifs is 1. The molecule has 0 spiro atoms. The van der Waals surface area contributed by atoms with Crippen molar-refractivity contribution >= 4 is 28.7 Å². The Morgan fingerprint density at radius 1 is 1.00 bits per heavy atom. The molecule has 4 aromatic rings. The van der Waals surface area contributed by atoms with Crippen molar-refractivity contribution in [2.75, 3.05) is 5.32 Å². The van der Waals surface area contributed by atoms with E-state index in [0.717, 1.165) is 22.3 Å². The van der Waals surface area contributed by atoms with Crippen LogP contribution in [0.4, 0.5) is 16.2 Å². The fourth-order valence-electron chi connectivity index (χ4n) is 3.66. The van der Waals surface area contributed by atoms with Crippen molar-refractivity contribution < 1.29 is 4.39 Å². The number of allylic oxidation sites excluding steroid dienone is 1. The molecule has 4 rings (SSSR count). The lowest BCUT2D eigenvalue weighted by atomic mass is 9.92. The highest BCUT2D eigenvalue weighted by molar-refractivity contribution is 5.96. The van der Waals surface area contributed by atoms with Gasteiger partial charge in [-0.05, 0) is 66.4 Å². The van der Waals surface area contributed by atoms with E-state index in [4.69, 9.17) is 10.5 Å². The average molecular weight is 420 g/mol. The second-order valence-electron chi connectivity index (χ2n) is 7.25. The molecule has 7 heteroatoms. The number of nitriles is 2. The first kappa shape index (κ1) is 20.6. The third-order valence-corrected chi connectivity index (χ3v) is 4.95. The molecule has 0 atom stereocenters. The Labute approximate surface area is 184 Å². The number of benzene rings is 2. The summed E-state index contributed by atoms with van der Waals surface area (Å²) in [6, 6.07) is 14.1. The summed E-state index contributed by atoms with van der Waals surface area (Å²) in [6.45, 7) is 3.90. The molecule has 0 amide bonds. The number of aromatic nitrogens is 3. The van der Waals surface area contributed by atoms with E-state index in [0.29, 0.717) is 33.8 Å². The van der Waals surface area contributed by atoms with Gasteiger partial charge in [0.1, 0.15) is 17.7 Å². The second kappa shape index (κ2) is 8.63. The standard InChI is InChI=1S/C25H17FN6/c1-15-8-17(4-3-7-27)9-16(2)23(15)21-11-20(26)10-19-14-30-25(32-24(19)21)31-22-6-5-18(12-28)13-29-22/h3-6,8-11,13-14H,1-2H3,(H,29,30,31,32)/b4-3+. The maximum atomic E-state index is 14.5. The molecule has 0 aliphatic carbocycles. The predicted molar refractivity (Wildman–Crippen MR) is 121 cm³/mol. The average Bonchev–Trinajstić information content (AvgIpc) is 2.78. The number of hydrogen-bond acceptors (Lipinski definition) is 6. The Morgan fingerprint density at radius 2 is 1.78 bits per heavy atom. The molecular formula is C25H17FN6. The SMILES string of the molecule is Cc1cc(/C=C/C#N)cc(C)c1-c1cc(F)cc2cnc(Nc3ccc(C#N)cn3)nc12. The van der Waals surface area contributed by atoms with Crippen LogP contribution in [-0.4, -0.2) is 15.0 Å². The molecule has 0 unspecified atom stereocenters. The molecule has 2 heterocycles. The van der Waals surface area contributed by atoms with Gasteiger partial charge in [0.05, 0.1) is 17.1 Å². The van der Waals surface area contributed by atoms with Gasteiger partial charge in [-0.25, -0.2) is 19.3 Å². The minimum atomic E-state index is -0.377. The van der Waals surface area contributed by atoms with Gasteiger partial charge in [0.2, 0.25) is 5.95 Å². The molecule has 0 aliphatic heterocycles. The van der Waals surface area contributed by atoms with Crippen LogP contribution in [0.1, 0.15) is 22.3 Å². The van der Waals surface area contributed by atoms with Crippen LogP contribution in [0.3, 0.4) is 0 Å². The van der Waals surface area contributed by atoms with Crippen LogP contribution in [0.15, 0.2) is 54.9 Å². The van der Waals surface area contributed by atoms with Crippen molar-refractivity contribution in [3.8, 4) is 23.3 Å². The van der Waals surface area contributed by atoms with Gasteiger partial charge in [0.25, 0.3) is 0 Å². The first-order valence-corrected chi connectivity index (χ1v) is 9.76. The van der Waals surface area contributed by atoms with Gasteiger partial charge >= 0.3 is 0 Å². The number of anilines is 2. The predicted octanol–water partition coefficient (Wildman–Crippen LogP) is 5.60. The molecule has 154 valence electrons. The van der Waals surface area contributed by atoms with E-state index in [1.807, 2.05) is 38.1 Å². The molecular weight excluding hydrogens is 403 g/mol. The highest BCUT2D eigenvalue weighted by Crippen LogP contribution is 2.34. The van der Waals surface area contributed by atoms with Crippen LogP contribution in [-0.2, 0) is 0 Å². The molecule has 2 aromatic carbocycles. The lowest BCUT2D eigenvalue weighted by Gasteiger charge is -2.14. The van der Waals surface area contributed by atoms with Gasteiger partial charge < -0.3 is 5.32 Å². The number of rotatable bonds is 4. The Kier molecular flexibility index (Phi) is 5.57.